The minimum absolute atomic E-state index is 0.0658. The number of hydrogen-bond acceptors (Lipinski definition) is 5. The topological polar surface area (TPSA) is 37.0 Å². The molecule has 3 saturated heterocycles. The summed E-state index contributed by atoms with van der Waals surface area (Å²) in [7, 11) is 0. The Balaban J connectivity index is 1.27. The van der Waals surface area contributed by atoms with E-state index < -0.39 is 0 Å². The van der Waals surface area contributed by atoms with Crippen molar-refractivity contribution < 1.29 is 9.47 Å². The molecule has 1 atom stereocenters. The van der Waals surface area contributed by atoms with E-state index in [1.807, 2.05) is 0 Å². The zero-order valence-corrected chi connectivity index (χ0v) is 11.9. The Morgan fingerprint density at radius 3 is 2.58 bits per heavy atom. The molecule has 3 heterocycles. The van der Waals surface area contributed by atoms with Crippen molar-refractivity contribution in [2.45, 2.75) is 31.6 Å². The van der Waals surface area contributed by atoms with Crippen molar-refractivity contribution in [1.82, 2.24) is 15.1 Å². The van der Waals surface area contributed by atoms with Crippen LogP contribution in [0.25, 0.3) is 0 Å². The maximum absolute atomic E-state index is 5.80. The highest BCUT2D eigenvalue weighted by atomic mass is 16.7. The third-order valence-corrected chi connectivity index (χ3v) is 4.53. The molecule has 0 radical (unpaired) electrons. The Labute approximate surface area is 116 Å². The number of nitrogens with one attached hydrogen (secondary N) is 1. The maximum atomic E-state index is 5.80. The van der Waals surface area contributed by atoms with Crippen molar-refractivity contribution in [3.8, 4) is 0 Å². The Bertz CT molecular complexity index is 259. The number of hydrogen-bond donors (Lipinski definition) is 1. The molecule has 3 fully saturated rings. The first-order valence-corrected chi connectivity index (χ1v) is 7.82. The van der Waals surface area contributed by atoms with Crippen LogP contribution in [0.15, 0.2) is 0 Å². The van der Waals surface area contributed by atoms with E-state index >= 15 is 0 Å². The lowest BCUT2D eigenvalue weighted by Gasteiger charge is -2.43. The Morgan fingerprint density at radius 2 is 1.95 bits per heavy atom. The predicted octanol–water partition coefficient (Wildman–Crippen LogP) is 0.119. The molecule has 0 spiro atoms. The van der Waals surface area contributed by atoms with Gasteiger partial charge in [0.1, 0.15) is 0 Å². The van der Waals surface area contributed by atoms with E-state index in [0.29, 0.717) is 0 Å². The molecule has 110 valence electrons. The molecule has 3 rings (SSSR count). The third-order valence-electron chi connectivity index (χ3n) is 4.53. The summed E-state index contributed by atoms with van der Waals surface area (Å²) in [5.74, 6) is 0. The number of ether oxygens (including phenoxy) is 2. The molecule has 1 unspecified atom stereocenters. The average molecular weight is 269 g/mol. The van der Waals surface area contributed by atoms with Gasteiger partial charge in [0.15, 0.2) is 6.29 Å². The molecule has 0 aromatic carbocycles. The minimum Gasteiger partial charge on any atom is -0.353 e. The second-order valence-electron chi connectivity index (χ2n) is 5.86. The lowest BCUT2D eigenvalue weighted by atomic mass is 10.1. The Kier molecular flexibility index (Phi) is 5.07. The van der Waals surface area contributed by atoms with E-state index in [0.717, 1.165) is 32.2 Å². The van der Waals surface area contributed by atoms with Crippen LogP contribution in [0.4, 0.5) is 0 Å². The molecule has 5 nitrogen and oxygen atoms in total. The first kappa shape index (κ1) is 13.8. The summed E-state index contributed by atoms with van der Waals surface area (Å²) < 4.78 is 11.4. The number of rotatable bonds is 5. The van der Waals surface area contributed by atoms with Gasteiger partial charge in [-0.2, -0.15) is 0 Å². The zero-order chi connectivity index (χ0) is 12.9. The van der Waals surface area contributed by atoms with E-state index in [-0.39, 0.29) is 6.29 Å². The smallest absolute Gasteiger partial charge is 0.157 e. The fourth-order valence-electron chi connectivity index (χ4n) is 3.04. The fourth-order valence-corrected chi connectivity index (χ4v) is 3.04. The molecular formula is C14H27N3O2. The second kappa shape index (κ2) is 6.99. The van der Waals surface area contributed by atoms with Crippen molar-refractivity contribution in [3.05, 3.63) is 0 Å². The summed E-state index contributed by atoms with van der Waals surface area (Å²) in [4.78, 5) is 5.14. The lowest BCUT2D eigenvalue weighted by molar-refractivity contribution is -0.164. The molecule has 3 aliphatic heterocycles. The van der Waals surface area contributed by atoms with Gasteiger partial charge in [-0.3, -0.25) is 9.80 Å². The van der Waals surface area contributed by atoms with Crippen molar-refractivity contribution in [2.75, 3.05) is 59.0 Å². The SMILES string of the molecule is C1CCC(OCCN2CCN(C3CNC3)CC2)OC1. The first-order valence-electron chi connectivity index (χ1n) is 7.82. The van der Waals surface area contributed by atoms with Gasteiger partial charge in [-0.1, -0.05) is 0 Å². The van der Waals surface area contributed by atoms with Gasteiger partial charge < -0.3 is 14.8 Å². The van der Waals surface area contributed by atoms with Crippen LogP contribution < -0.4 is 5.32 Å². The molecule has 19 heavy (non-hydrogen) atoms. The molecule has 0 amide bonds. The summed E-state index contributed by atoms with van der Waals surface area (Å²) >= 11 is 0. The standard InChI is InChI=1S/C14H27N3O2/c1-2-9-18-14(3-1)19-10-8-16-4-6-17(7-5-16)13-11-15-12-13/h13-15H,1-12H2. The molecule has 0 aliphatic carbocycles. The van der Waals surface area contributed by atoms with E-state index in [4.69, 9.17) is 9.47 Å². The highest BCUT2D eigenvalue weighted by molar-refractivity contribution is 4.87. The van der Waals surface area contributed by atoms with Gasteiger partial charge in [0, 0.05) is 58.5 Å². The van der Waals surface area contributed by atoms with Crippen molar-refractivity contribution in [2.24, 2.45) is 0 Å². The summed E-state index contributed by atoms with van der Waals surface area (Å²) in [5, 5.41) is 3.35. The summed E-state index contributed by atoms with van der Waals surface area (Å²) in [6.07, 6.45) is 3.58. The van der Waals surface area contributed by atoms with E-state index in [1.165, 1.54) is 52.1 Å². The molecule has 0 saturated carbocycles. The molecule has 1 N–H and O–H groups in total. The zero-order valence-electron chi connectivity index (χ0n) is 11.9. The van der Waals surface area contributed by atoms with Gasteiger partial charge in [0.2, 0.25) is 0 Å². The molecule has 0 bridgehead atoms. The maximum Gasteiger partial charge on any atom is 0.157 e. The van der Waals surface area contributed by atoms with Crippen molar-refractivity contribution >= 4 is 0 Å². The van der Waals surface area contributed by atoms with E-state index in [1.54, 1.807) is 0 Å². The van der Waals surface area contributed by atoms with Crippen LogP contribution in [-0.4, -0.2) is 81.2 Å². The van der Waals surface area contributed by atoms with E-state index in [9.17, 15) is 0 Å². The molecule has 0 aromatic heterocycles. The van der Waals surface area contributed by atoms with Crippen LogP contribution in [0, 0.1) is 0 Å². The van der Waals surface area contributed by atoms with Crippen molar-refractivity contribution in [1.29, 1.82) is 0 Å². The van der Waals surface area contributed by atoms with E-state index in [2.05, 4.69) is 15.1 Å². The third kappa shape index (κ3) is 3.89. The molecular weight excluding hydrogens is 242 g/mol. The highest BCUT2D eigenvalue weighted by Gasteiger charge is 2.27. The van der Waals surface area contributed by atoms with Gasteiger partial charge in [-0.05, 0) is 19.3 Å². The summed E-state index contributed by atoms with van der Waals surface area (Å²) in [6.45, 7) is 9.91. The van der Waals surface area contributed by atoms with Crippen LogP contribution >= 0.6 is 0 Å². The van der Waals surface area contributed by atoms with Gasteiger partial charge in [-0.25, -0.2) is 0 Å². The fraction of sp³-hybridized carbons (Fsp3) is 1.00. The summed E-state index contributed by atoms with van der Waals surface area (Å²) in [5.41, 5.74) is 0. The predicted molar refractivity (Wildman–Crippen MR) is 74.2 cm³/mol. The minimum atomic E-state index is 0.0658. The normalized spacial score (nSPS) is 31.3. The monoisotopic (exact) mass is 269 g/mol. The van der Waals surface area contributed by atoms with Gasteiger partial charge in [0.05, 0.1) is 6.61 Å². The van der Waals surface area contributed by atoms with Crippen LogP contribution in [0.2, 0.25) is 0 Å². The van der Waals surface area contributed by atoms with Crippen LogP contribution in [0.1, 0.15) is 19.3 Å². The highest BCUT2D eigenvalue weighted by Crippen LogP contribution is 2.14. The molecule has 0 aromatic rings. The van der Waals surface area contributed by atoms with Crippen LogP contribution in [0.5, 0.6) is 0 Å². The van der Waals surface area contributed by atoms with Gasteiger partial charge in [-0.15, -0.1) is 0 Å². The average Bonchev–Trinajstić information content (AvgIpc) is 2.40. The Morgan fingerprint density at radius 1 is 1.11 bits per heavy atom. The Hall–Kier alpha value is -0.200. The summed E-state index contributed by atoms with van der Waals surface area (Å²) in [6, 6.07) is 0.800. The first-order chi connectivity index (χ1) is 9.42. The van der Waals surface area contributed by atoms with Gasteiger partial charge >= 0.3 is 0 Å². The van der Waals surface area contributed by atoms with Crippen molar-refractivity contribution in [3.63, 3.8) is 0 Å². The number of nitrogens with zero attached hydrogens (tertiary/aromatic N) is 2. The molecule has 5 heteroatoms. The largest absolute Gasteiger partial charge is 0.353 e. The quantitative estimate of drug-likeness (QED) is 0.767. The molecule has 3 aliphatic rings. The van der Waals surface area contributed by atoms with Crippen LogP contribution in [-0.2, 0) is 9.47 Å². The lowest BCUT2D eigenvalue weighted by Crippen LogP contribution is -2.61. The van der Waals surface area contributed by atoms with Gasteiger partial charge in [0.25, 0.3) is 0 Å². The van der Waals surface area contributed by atoms with Crippen LogP contribution in [0.3, 0.4) is 0 Å². The number of piperazine rings is 1. The second-order valence-corrected chi connectivity index (χ2v) is 5.86.